The molecule has 138 valence electrons. The average molecular weight is 339 g/mol. The SMILES string of the molecule is CN1CCC(N(C)C(=O)[C@@H]2CCCCN2C(=O)OC(C)(C)C)CC1. The largest absolute Gasteiger partial charge is 0.444 e. The van der Waals surface area contributed by atoms with E-state index in [-0.39, 0.29) is 24.1 Å². The van der Waals surface area contributed by atoms with Gasteiger partial charge in [0.15, 0.2) is 0 Å². The molecule has 2 amide bonds. The van der Waals surface area contributed by atoms with Gasteiger partial charge < -0.3 is 14.5 Å². The van der Waals surface area contributed by atoms with E-state index in [4.69, 9.17) is 4.74 Å². The lowest BCUT2D eigenvalue weighted by Crippen LogP contribution is -2.56. The third-order valence-corrected chi connectivity index (χ3v) is 5.00. The van der Waals surface area contributed by atoms with Crippen LogP contribution in [-0.4, -0.2) is 78.1 Å². The highest BCUT2D eigenvalue weighted by atomic mass is 16.6. The van der Waals surface area contributed by atoms with Crippen LogP contribution in [0.5, 0.6) is 0 Å². The Hall–Kier alpha value is -1.30. The number of nitrogens with zero attached hydrogens (tertiary/aromatic N) is 3. The van der Waals surface area contributed by atoms with Crippen molar-refractivity contribution in [2.75, 3.05) is 33.7 Å². The van der Waals surface area contributed by atoms with Crippen LogP contribution in [0.4, 0.5) is 4.79 Å². The van der Waals surface area contributed by atoms with Gasteiger partial charge in [0.05, 0.1) is 0 Å². The van der Waals surface area contributed by atoms with Gasteiger partial charge in [0.25, 0.3) is 0 Å². The molecule has 0 unspecified atom stereocenters. The molecule has 0 radical (unpaired) electrons. The van der Waals surface area contributed by atoms with E-state index in [1.54, 1.807) is 4.90 Å². The number of likely N-dealkylation sites (tertiary alicyclic amines) is 2. The summed E-state index contributed by atoms with van der Waals surface area (Å²) in [4.78, 5) is 31.3. The number of carbonyl (C=O) groups is 2. The van der Waals surface area contributed by atoms with Gasteiger partial charge in [-0.15, -0.1) is 0 Å². The van der Waals surface area contributed by atoms with Crippen LogP contribution in [0.2, 0.25) is 0 Å². The Balaban J connectivity index is 2.03. The summed E-state index contributed by atoms with van der Waals surface area (Å²) in [5.41, 5.74) is -0.540. The zero-order valence-electron chi connectivity index (χ0n) is 15.9. The van der Waals surface area contributed by atoms with Gasteiger partial charge in [-0.25, -0.2) is 4.79 Å². The van der Waals surface area contributed by atoms with Gasteiger partial charge in [-0.2, -0.15) is 0 Å². The number of rotatable bonds is 2. The number of likely N-dealkylation sites (N-methyl/N-ethyl adjacent to an activating group) is 1. The molecule has 0 aromatic heterocycles. The minimum atomic E-state index is -0.540. The summed E-state index contributed by atoms with van der Waals surface area (Å²) in [6, 6.07) is -0.102. The molecule has 2 aliphatic rings. The van der Waals surface area contributed by atoms with Crippen LogP contribution >= 0.6 is 0 Å². The molecule has 6 nitrogen and oxygen atoms in total. The maximum absolute atomic E-state index is 13.0. The molecule has 0 spiro atoms. The van der Waals surface area contributed by atoms with Gasteiger partial charge >= 0.3 is 6.09 Å². The molecule has 2 saturated heterocycles. The van der Waals surface area contributed by atoms with Crippen molar-refractivity contribution in [3.63, 3.8) is 0 Å². The summed E-state index contributed by atoms with van der Waals surface area (Å²) in [7, 11) is 4.00. The van der Waals surface area contributed by atoms with Gasteiger partial charge in [0.2, 0.25) is 5.91 Å². The average Bonchev–Trinajstić information content (AvgIpc) is 2.52. The first-order valence-electron chi connectivity index (χ1n) is 9.14. The molecule has 0 aromatic carbocycles. The molecule has 0 saturated carbocycles. The zero-order valence-corrected chi connectivity index (χ0v) is 15.9. The number of hydrogen-bond donors (Lipinski definition) is 0. The minimum absolute atomic E-state index is 0.0649. The summed E-state index contributed by atoms with van der Waals surface area (Å²) in [6.07, 6.45) is 4.28. The van der Waals surface area contributed by atoms with E-state index in [0.717, 1.165) is 45.2 Å². The molecule has 2 rings (SSSR count). The molecule has 2 heterocycles. The molecule has 24 heavy (non-hydrogen) atoms. The van der Waals surface area contributed by atoms with Crippen molar-refractivity contribution < 1.29 is 14.3 Å². The summed E-state index contributed by atoms with van der Waals surface area (Å²) < 4.78 is 5.51. The fraction of sp³-hybridized carbons (Fsp3) is 0.889. The topological polar surface area (TPSA) is 53.1 Å². The number of carbonyl (C=O) groups excluding carboxylic acids is 2. The molecule has 0 bridgehead atoms. The van der Waals surface area contributed by atoms with Gasteiger partial charge in [-0.3, -0.25) is 9.69 Å². The van der Waals surface area contributed by atoms with E-state index in [9.17, 15) is 9.59 Å². The van der Waals surface area contributed by atoms with Crippen LogP contribution < -0.4 is 0 Å². The van der Waals surface area contributed by atoms with Crippen molar-refractivity contribution in [3.05, 3.63) is 0 Å². The first kappa shape index (κ1) is 19.0. The van der Waals surface area contributed by atoms with E-state index in [1.807, 2.05) is 32.7 Å². The second-order valence-corrected chi connectivity index (χ2v) is 8.17. The Morgan fingerprint density at radius 1 is 1.04 bits per heavy atom. The van der Waals surface area contributed by atoms with Crippen LogP contribution in [-0.2, 0) is 9.53 Å². The molecule has 1 atom stereocenters. The standard InChI is InChI=1S/C18H33N3O3/c1-18(2,3)24-17(23)21-11-7-6-8-15(21)16(22)20(5)14-9-12-19(4)13-10-14/h14-15H,6-13H2,1-5H3/t15-/m0/s1. The molecule has 2 aliphatic heterocycles. The second kappa shape index (κ2) is 7.72. The van der Waals surface area contributed by atoms with Crippen molar-refractivity contribution >= 4 is 12.0 Å². The molecule has 0 N–H and O–H groups in total. The highest BCUT2D eigenvalue weighted by Crippen LogP contribution is 2.24. The van der Waals surface area contributed by atoms with Crippen molar-refractivity contribution in [2.45, 2.75) is 70.6 Å². The highest BCUT2D eigenvalue weighted by molar-refractivity contribution is 5.86. The first-order chi connectivity index (χ1) is 11.2. The normalized spacial score (nSPS) is 23.9. The van der Waals surface area contributed by atoms with E-state index in [1.165, 1.54) is 0 Å². The Bertz CT molecular complexity index is 453. The summed E-state index contributed by atoms with van der Waals surface area (Å²) >= 11 is 0. The zero-order chi connectivity index (χ0) is 17.9. The number of ether oxygens (including phenoxy) is 1. The third-order valence-electron chi connectivity index (χ3n) is 5.00. The first-order valence-corrected chi connectivity index (χ1v) is 9.14. The van der Waals surface area contributed by atoms with Crippen LogP contribution in [0.3, 0.4) is 0 Å². The molecular weight excluding hydrogens is 306 g/mol. The van der Waals surface area contributed by atoms with E-state index < -0.39 is 5.60 Å². The Morgan fingerprint density at radius 2 is 1.67 bits per heavy atom. The quantitative estimate of drug-likeness (QED) is 0.775. The molecule has 6 heteroatoms. The third kappa shape index (κ3) is 4.85. The number of piperidine rings is 2. The fourth-order valence-corrected chi connectivity index (χ4v) is 3.52. The van der Waals surface area contributed by atoms with Crippen molar-refractivity contribution in [1.82, 2.24) is 14.7 Å². The van der Waals surface area contributed by atoms with Gasteiger partial charge in [0, 0.05) is 19.6 Å². The minimum Gasteiger partial charge on any atom is -0.444 e. The van der Waals surface area contributed by atoms with Crippen LogP contribution in [0, 0.1) is 0 Å². The van der Waals surface area contributed by atoms with Gasteiger partial charge in [-0.05, 0) is 73.0 Å². The van der Waals surface area contributed by atoms with Crippen molar-refractivity contribution in [1.29, 1.82) is 0 Å². The molecule has 0 aromatic rings. The van der Waals surface area contributed by atoms with E-state index in [0.29, 0.717) is 6.54 Å². The lowest BCUT2D eigenvalue weighted by atomic mass is 9.98. The Kier molecular flexibility index (Phi) is 6.12. The number of hydrogen-bond acceptors (Lipinski definition) is 4. The molecule has 0 aliphatic carbocycles. The second-order valence-electron chi connectivity index (χ2n) is 8.17. The maximum atomic E-state index is 13.0. The highest BCUT2D eigenvalue weighted by Gasteiger charge is 2.38. The molecular formula is C18H33N3O3. The predicted molar refractivity (Wildman–Crippen MR) is 93.9 cm³/mol. The lowest BCUT2D eigenvalue weighted by molar-refractivity contribution is -0.139. The van der Waals surface area contributed by atoms with Gasteiger partial charge in [0.1, 0.15) is 11.6 Å². The Labute approximate surface area is 146 Å². The fourth-order valence-electron chi connectivity index (χ4n) is 3.52. The molecule has 2 fully saturated rings. The lowest BCUT2D eigenvalue weighted by Gasteiger charge is -2.41. The Morgan fingerprint density at radius 3 is 2.25 bits per heavy atom. The summed E-state index contributed by atoms with van der Waals surface area (Å²) in [5.74, 6) is 0.0649. The summed E-state index contributed by atoms with van der Waals surface area (Å²) in [6.45, 7) is 8.21. The predicted octanol–water partition coefficient (Wildman–Crippen LogP) is 2.33. The van der Waals surface area contributed by atoms with Crippen LogP contribution in [0.15, 0.2) is 0 Å². The number of amides is 2. The smallest absolute Gasteiger partial charge is 0.410 e. The summed E-state index contributed by atoms with van der Waals surface area (Å²) in [5, 5.41) is 0. The van der Waals surface area contributed by atoms with Crippen LogP contribution in [0.25, 0.3) is 0 Å². The van der Waals surface area contributed by atoms with Crippen molar-refractivity contribution in [2.24, 2.45) is 0 Å². The van der Waals surface area contributed by atoms with Crippen LogP contribution in [0.1, 0.15) is 52.9 Å². The maximum Gasteiger partial charge on any atom is 0.410 e. The van der Waals surface area contributed by atoms with Crippen molar-refractivity contribution in [3.8, 4) is 0 Å². The monoisotopic (exact) mass is 339 g/mol. The van der Waals surface area contributed by atoms with E-state index in [2.05, 4.69) is 11.9 Å². The van der Waals surface area contributed by atoms with E-state index >= 15 is 0 Å². The van der Waals surface area contributed by atoms with Gasteiger partial charge in [-0.1, -0.05) is 0 Å².